The monoisotopic (exact) mass is 443 g/mol. The van der Waals surface area contributed by atoms with Crippen LogP contribution in [0.1, 0.15) is 6.23 Å². The number of anilines is 1. The van der Waals surface area contributed by atoms with Crippen molar-refractivity contribution in [3.05, 3.63) is 12.7 Å². The van der Waals surface area contributed by atoms with Gasteiger partial charge in [0.25, 0.3) is 0 Å². The summed E-state index contributed by atoms with van der Waals surface area (Å²) < 4.78 is 26.9. The van der Waals surface area contributed by atoms with Gasteiger partial charge in [-0.3, -0.25) is 9.09 Å². The molecule has 0 aromatic carbocycles. The third kappa shape index (κ3) is 4.50. The molecule has 1 fully saturated rings. The van der Waals surface area contributed by atoms with Gasteiger partial charge in [-0.2, -0.15) is 0 Å². The van der Waals surface area contributed by atoms with E-state index in [0.717, 1.165) is 0 Å². The van der Waals surface area contributed by atoms with Crippen LogP contribution in [0.2, 0.25) is 0 Å². The smallest absolute Gasteiger partial charge is 0.387 e. The lowest BCUT2D eigenvalue weighted by molar-refractivity contribution is -0.0502. The zero-order valence-electron chi connectivity index (χ0n) is 13.2. The van der Waals surface area contributed by atoms with Crippen LogP contribution >= 0.6 is 14.5 Å². The number of nitrogens with zero attached hydrogens (tertiary/aromatic N) is 4. The fraction of sp³-hybridized carbons (Fsp3) is 0.500. The molecule has 17 heteroatoms. The first-order chi connectivity index (χ1) is 12.5. The Hall–Kier alpha value is -1.09. The number of nitrogen functional groups attached to an aromatic ring is 1. The Balaban J connectivity index is 1.75. The van der Waals surface area contributed by atoms with Gasteiger partial charge < -0.3 is 35.4 Å². The van der Waals surface area contributed by atoms with Crippen LogP contribution in [0, 0.1) is 0 Å². The van der Waals surface area contributed by atoms with Gasteiger partial charge in [0.1, 0.15) is 30.2 Å². The molecule has 3 heterocycles. The number of aliphatic hydroxyl groups is 2. The molecule has 0 amide bonds. The highest BCUT2D eigenvalue weighted by molar-refractivity contribution is 8.08. The largest absolute Gasteiger partial charge is 0.479 e. The Kier molecular flexibility index (Phi) is 5.65. The summed E-state index contributed by atoms with van der Waals surface area (Å²) in [4.78, 5) is 39.0. The molecule has 3 rings (SSSR count). The summed E-state index contributed by atoms with van der Waals surface area (Å²) in [6.45, 7) is -5.18. The molecular weight excluding hydrogens is 428 g/mol. The minimum Gasteiger partial charge on any atom is -0.387 e. The van der Waals surface area contributed by atoms with E-state index in [0.29, 0.717) is 0 Å². The summed E-state index contributed by atoms with van der Waals surface area (Å²) >= 11 is 4.09. The van der Waals surface area contributed by atoms with Gasteiger partial charge in [0.05, 0.1) is 12.9 Å². The molecule has 2 aromatic heterocycles. The van der Waals surface area contributed by atoms with Crippen molar-refractivity contribution in [2.45, 2.75) is 24.5 Å². The van der Waals surface area contributed by atoms with E-state index in [1.807, 2.05) is 0 Å². The van der Waals surface area contributed by atoms with Crippen molar-refractivity contribution in [1.29, 1.82) is 0 Å². The van der Waals surface area contributed by atoms with E-state index in [9.17, 15) is 19.7 Å². The molecule has 1 saturated heterocycles. The maximum absolute atomic E-state index is 11.6. The number of ether oxygens (including phenoxy) is 1. The van der Waals surface area contributed by atoms with Gasteiger partial charge in [-0.05, 0) is 11.8 Å². The van der Waals surface area contributed by atoms with Gasteiger partial charge in [-0.25, -0.2) is 23.8 Å². The number of fused-ring (bicyclic) bond motifs is 1. The van der Waals surface area contributed by atoms with Crippen molar-refractivity contribution in [2.24, 2.45) is 0 Å². The standard InChI is InChI=1S/C10H15N5O9P2S/c11-8-5-9(13-2-12-8)15(3-14-5)10-7(17)6(16)4(23-10)1-22-25(18,19)24-26(20,21)27/h2-4,6-7,10,16-17H,1H2,(H,18,19)(H2,11,12,13)(H2,20,21,27). The van der Waals surface area contributed by atoms with E-state index in [4.69, 9.17) is 20.3 Å². The molecule has 150 valence electrons. The SMILES string of the molecule is Nc1ncnc2c1ncn2C1OC(COP(=O)(O)OP(O)(O)=S)C(O)C1O. The van der Waals surface area contributed by atoms with Crippen LogP contribution < -0.4 is 5.73 Å². The van der Waals surface area contributed by atoms with Gasteiger partial charge in [0.2, 0.25) is 0 Å². The van der Waals surface area contributed by atoms with E-state index in [2.05, 4.69) is 35.6 Å². The molecule has 7 N–H and O–H groups in total. The predicted molar refractivity (Wildman–Crippen MR) is 91.2 cm³/mol. The average molecular weight is 443 g/mol. The summed E-state index contributed by atoms with van der Waals surface area (Å²) in [5, 5.41) is 20.3. The molecule has 1 aliphatic rings. The lowest BCUT2D eigenvalue weighted by atomic mass is 10.1. The number of phosphoric ester groups is 1. The Bertz CT molecular complexity index is 937. The molecule has 0 bridgehead atoms. The molecule has 2 aromatic rings. The van der Waals surface area contributed by atoms with E-state index in [1.54, 1.807) is 0 Å². The van der Waals surface area contributed by atoms with Gasteiger partial charge >= 0.3 is 14.5 Å². The van der Waals surface area contributed by atoms with E-state index in [-0.39, 0.29) is 17.0 Å². The first-order valence-electron chi connectivity index (χ1n) is 7.17. The van der Waals surface area contributed by atoms with Crippen molar-refractivity contribution < 1.29 is 43.0 Å². The zero-order chi connectivity index (χ0) is 20.0. The number of phosphoric acid groups is 1. The van der Waals surface area contributed by atoms with Crippen molar-refractivity contribution in [1.82, 2.24) is 19.5 Å². The number of hydrogen-bond donors (Lipinski definition) is 6. The highest BCUT2D eigenvalue weighted by Crippen LogP contribution is 2.58. The Morgan fingerprint density at radius 3 is 2.63 bits per heavy atom. The van der Waals surface area contributed by atoms with Gasteiger partial charge in [0.15, 0.2) is 17.7 Å². The lowest BCUT2D eigenvalue weighted by Gasteiger charge is -2.18. The van der Waals surface area contributed by atoms with Crippen molar-refractivity contribution in [2.75, 3.05) is 12.3 Å². The molecule has 5 unspecified atom stereocenters. The molecule has 0 saturated carbocycles. The van der Waals surface area contributed by atoms with Crippen LogP contribution in [0.4, 0.5) is 5.82 Å². The van der Waals surface area contributed by atoms with Crippen LogP contribution in [-0.4, -0.2) is 69.3 Å². The maximum atomic E-state index is 11.6. The number of aliphatic hydroxyl groups excluding tert-OH is 2. The summed E-state index contributed by atoms with van der Waals surface area (Å²) in [5.41, 5.74) is 6.18. The molecule has 27 heavy (non-hydrogen) atoms. The molecule has 1 aliphatic heterocycles. The van der Waals surface area contributed by atoms with Crippen LogP contribution in [-0.2, 0) is 29.9 Å². The van der Waals surface area contributed by atoms with Gasteiger partial charge in [0, 0.05) is 0 Å². The highest BCUT2D eigenvalue weighted by Gasteiger charge is 2.45. The number of hydrogen-bond acceptors (Lipinski definition) is 11. The van der Waals surface area contributed by atoms with Crippen molar-refractivity contribution in [3.8, 4) is 0 Å². The summed E-state index contributed by atoms with van der Waals surface area (Å²) in [6, 6.07) is 0. The van der Waals surface area contributed by atoms with Crippen molar-refractivity contribution >= 4 is 43.3 Å². The summed E-state index contributed by atoms with van der Waals surface area (Å²) in [5.74, 6) is 0.105. The number of rotatable bonds is 6. The van der Waals surface area contributed by atoms with Crippen LogP contribution in [0.25, 0.3) is 11.2 Å². The first kappa shape index (κ1) is 20.6. The lowest BCUT2D eigenvalue weighted by Crippen LogP contribution is -2.33. The Morgan fingerprint density at radius 1 is 1.26 bits per heavy atom. The molecule has 0 radical (unpaired) electrons. The number of nitrogens with two attached hydrogens (primary N) is 1. The topological polar surface area (TPSA) is 216 Å². The molecule has 5 atom stereocenters. The highest BCUT2D eigenvalue weighted by atomic mass is 32.5. The van der Waals surface area contributed by atoms with Crippen molar-refractivity contribution in [3.63, 3.8) is 0 Å². The molecule has 14 nitrogen and oxygen atoms in total. The zero-order valence-corrected chi connectivity index (χ0v) is 15.8. The minimum atomic E-state index is -4.92. The third-order valence-electron chi connectivity index (χ3n) is 3.61. The second-order valence-electron chi connectivity index (χ2n) is 5.47. The van der Waals surface area contributed by atoms with Crippen LogP contribution in [0.15, 0.2) is 12.7 Å². The molecular formula is C10H15N5O9P2S. The fourth-order valence-electron chi connectivity index (χ4n) is 2.48. The van der Waals surface area contributed by atoms with Gasteiger partial charge in [-0.15, -0.1) is 0 Å². The fourth-order valence-corrected chi connectivity index (χ4v) is 4.84. The number of aromatic nitrogens is 4. The summed E-state index contributed by atoms with van der Waals surface area (Å²) in [6.07, 6.45) is -2.95. The average Bonchev–Trinajstić information content (AvgIpc) is 3.07. The van der Waals surface area contributed by atoms with E-state index < -0.39 is 45.7 Å². The third-order valence-corrected chi connectivity index (χ3v) is 6.36. The van der Waals surface area contributed by atoms with Gasteiger partial charge in [-0.1, -0.05) is 0 Å². The normalized spacial score (nSPS) is 28.5. The Labute approximate surface area is 156 Å². The quantitative estimate of drug-likeness (QED) is 0.276. The maximum Gasteiger partial charge on any atom is 0.479 e. The van der Waals surface area contributed by atoms with Crippen LogP contribution in [0.3, 0.4) is 0 Å². The second-order valence-corrected chi connectivity index (χ2v) is 9.72. The summed E-state index contributed by atoms with van der Waals surface area (Å²) in [7, 11) is -4.92. The Morgan fingerprint density at radius 2 is 1.96 bits per heavy atom. The predicted octanol–water partition coefficient (Wildman–Crippen LogP) is -1.63. The molecule has 0 aliphatic carbocycles. The van der Waals surface area contributed by atoms with Crippen LogP contribution in [0.5, 0.6) is 0 Å². The second kappa shape index (κ2) is 7.39. The minimum absolute atomic E-state index is 0.105. The van der Waals surface area contributed by atoms with E-state index in [1.165, 1.54) is 17.2 Å². The molecule has 0 spiro atoms. The first-order valence-corrected chi connectivity index (χ1v) is 11.3. The number of imidazole rings is 1. The van der Waals surface area contributed by atoms with E-state index >= 15 is 0 Å².